The summed E-state index contributed by atoms with van der Waals surface area (Å²) in [7, 11) is 0. The average molecular weight is 292 g/mol. The van der Waals surface area contributed by atoms with E-state index in [-0.39, 0.29) is 11.6 Å². The normalized spacial score (nSPS) is 19.3. The number of carboxylic acid groups (broad SMARTS) is 1. The van der Waals surface area contributed by atoms with Crippen LogP contribution < -0.4 is 0 Å². The minimum absolute atomic E-state index is 0.0802. The summed E-state index contributed by atoms with van der Waals surface area (Å²) in [5, 5.41) is 19.9. The summed E-state index contributed by atoms with van der Waals surface area (Å²) in [4.78, 5) is 35.2. The number of benzene rings is 1. The third-order valence-corrected chi connectivity index (χ3v) is 3.77. The number of hydrogen-bond donors (Lipinski definition) is 1. The number of nitro groups is 1. The Bertz CT molecular complexity index is 586. The fourth-order valence-electron chi connectivity index (χ4n) is 2.59. The number of carbonyl (C=O) groups is 2. The molecule has 1 saturated heterocycles. The van der Waals surface area contributed by atoms with Gasteiger partial charge >= 0.3 is 5.97 Å². The first-order valence-electron chi connectivity index (χ1n) is 6.69. The molecule has 1 aliphatic rings. The molecule has 0 spiro atoms. The Morgan fingerprint density at radius 1 is 1.48 bits per heavy atom. The largest absolute Gasteiger partial charge is 0.480 e. The predicted molar refractivity (Wildman–Crippen MR) is 73.9 cm³/mol. The Balaban J connectivity index is 2.21. The number of likely N-dealkylation sites (tertiary alicyclic amines) is 1. The molecule has 2 atom stereocenters. The number of amides is 1. The van der Waals surface area contributed by atoms with E-state index in [9.17, 15) is 19.7 Å². The van der Waals surface area contributed by atoms with Crippen molar-refractivity contribution in [1.29, 1.82) is 0 Å². The summed E-state index contributed by atoms with van der Waals surface area (Å²) in [6.45, 7) is 2.05. The summed E-state index contributed by atoms with van der Waals surface area (Å²) in [6, 6.07) is 5.08. The lowest BCUT2D eigenvalue weighted by Crippen LogP contribution is -2.42. The SMILES string of the molecule is CC(C(=O)N1CCC[C@@H]1C(=O)O)c1cccc([N+](=O)[O-])c1. The summed E-state index contributed by atoms with van der Waals surface area (Å²) in [5.41, 5.74) is 0.439. The standard InChI is InChI=1S/C14H16N2O5/c1-9(10-4-2-5-11(8-10)16(20)21)13(17)15-7-3-6-12(15)14(18)19/h2,4-5,8-9,12H,3,6-7H2,1H3,(H,18,19)/t9?,12-/m1/s1. The fraction of sp³-hybridized carbons (Fsp3) is 0.429. The van der Waals surface area contributed by atoms with E-state index in [1.807, 2.05) is 0 Å². The van der Waals surface area contributed by atoms with Crippen molar-refractivity contribution in [1.82, 2.24) is 4.90 Å². The van der Waals surface area contributed by atoms with Crippen LogP contribution in [0.5, 0.6) is 0 Å². The quantitative estimate of drug-likeness (QED) is 0.673. The Morgan fingerprint density at radius 2 is 2.19 bits per heavy atom. The van der Waals surface area contributed by atoms with Gasteiger partial charge in [-0.25, -0.2) is 4.79 Å². The van der Waals surface area contributed by atoms with Crippen LogP contribution in [0.3, 0.4) is 0 Å². The zero-order valence-electron chi connectivity index (χ0n) is 11.6. The summed E-state index contributed by atoms with van der Waals surface area (Å²) < 4.78 is 0. The van der Waals surface area contributed by atoms with Crippen molar-refractivity contribution in [2.75, 3.05) is 6.54 Å². The van der Waals surface area contributed by atoms with Crippen molar-refractivity contribution in [2.45, 2.75) is 31.7 Å². The van der Waals surface area contributed by atoms with Crippen LogP contribution in [0.1, 0.15) is 31.2 Å². The van der Waals surface area contributed by atoms with Gasteiger partial charge in [0.1, 0.15) is 6.04 Å². The predicted octanol–water partition coefficient (Wildman–Crippen LogP) is 1.77. The van der Waals surface area contributed by atoms with Gasteiger partial charge in [0.2, 0.25) is 5.91 Å². The van der Waals surface area contributed by atoms with Gasteiger partial charge < -0.3 is 10.0 Å². The van der Waals surface area contributed by atoms with Crippen LogP contribution >= 0.6 is 0 Å². The zero-order valence-corrected chi connectivity index (χ0v) is 11.6. The maximum atomic E-state index is 12.4. The van der Waals surface area contributed by atoms with Gasteiger partial charge in [-0.2, -0.15) is 0 Å². The average Bonchev–Trinajstić information content (AvgIpc) is 2.95. The first-order valence-corrected chi connectivity index (χ1v) is 6.69. The van der Waals surface area contributed by atoms with Crippen LogP contribution in [0.25, 0.3) is 0 Å². The van der Waals surface area contributed by atoms with E-state index in [1.54, 1.807) is 13.0 Å². The smallest absolute Gasteiger partial charge is 0.326 e. The lowest BCUT2D eigenvalue weighted by molar-refractivity contribution is -0.384. The van der Waals surface area contributed by atoms with Gasteiger partial charge in [0.15, 0.2) is 0 Å². The van der Waals surface area contributed by atoms with Gasteiger partial charge in [-0.1, -0.05) is 12.1 Å². The van der Waals surface area contributed by atoms with Crippen LogP contribution in [-0.2, 0) is 9.59 Å². The summed E-state index contributed by atoms with van der Waals surface area (Å²) in [6.07, 6.45) is 1.10. The van der Waals surface area contributed by atoms with E-state index in [1.165, 1.54) is 23.1 Å². The number of carboxylic acids is 1. The van der Waals surface area contributed by atoms with Crippen LogP contribution in [0.2, 0.25) is 0 Å². The summed E-state index contributed by atoms with van der Waals surface area (Å²) in [5.74, 6) is -1.92. The van der Waals surface area contributed by atoms with Crippen molar-refractivity contribution < 1.29 is 19.6 Å². The molecule has 0 aromatic heterocycles. The molecule has 1 heterocycles. The molecule has 1 N–H and O–H groups in total. The Kier molecular flexibility index (Phi) is 4.21. The molecule has 1 aromatic carbocycles. The van der Waals surface area contributed by atoms with Gasteiger partial charge in [-0.15, -0.1) is 0 Å². The number of rotatable bonds is 4. The highest BCUT2D eigenvalue weighted by Gasteiger charge is 2.36. The zero-order chi connectivity index (χ0) is 15.6. The topological polar surface area (TPSA) is 101 Å². The highest BCUT2D eigenvalue weighted by molar-refractivity contribution is 5.88. The molecule has 0 bridgehead atoms. The Labute approximate surface area is 121 Å². The van der Waals surface area contributed by atoms with Crippen LogP contribution in [0, 0.1) is 10.1 Å². The Hall–Kier alpha value is -2.44. The fourth-order valence-corrected chi connectivity index (χ4v) is 2.59. The molecule has 7 nitrogen and oxygen atoms in total. The van der Waals surface area contributed by atoms with E-state index < -0.39 is 22.9 Å². The van der Waals surface area contributed by atoms with Crippen molar-refractivity contribution in [3.8, 4) is 0 Å². The molecular weight excluding hydrogens is 276 g/mol. The van der Waals surface area contributed by atoms with Crippen molar-refractivity contribution >= 4 is 17.6 Å². The first kappa shape index (κ1) is 15.0. The van der Waals surface area contributed by atoms with Crippen LogP contribution in [0.15, 0.2) is 24.3 Å². The number of hydrogen-bond acceptors (Lipinski definition) is 4. The molecule has 0 saturated carbocycles. The number of aliphatic carboxylic acids is 1. The second kappa shape index (κ2) is 5.90. The molecular formula is C14H16N2O5. The second-order valence-corrected chi connectivity index (χ2v) is 5.10. The minimum Gasteiger partial charge on any atom is -0.480 e. The van der Waals surface area contributed by atoms with E-state index in [2.05, 4.69) is 0 Å². The van der Waals surface area contributed by atoms with Crippen molar-refractivity contribution in [3.63, 3.8) is 0 Å². The number of non-ortho nitro benzene ring substituents is 1. The molecule has 1 fully saturated rings. The van der Waals surface area contributed by atoms with Gasteiger partial charge in [0, 0.05) is 18.7 Å². The molecule has 1 aliphatic heterocycles. The highest BCUT2D eigenvalue weighted by Crippen LogP contribution is 2.26. The van der Waals surface area contributed by atoms with Gasteiger partial charge in [-0.05, 0) is 25.3 Å². The van der Waals surface area contributed by atoms with Gasteiger partial charge in [0.25, 0.3) is 5.69 Å². The van der Waals surface area contributed by atoms with E-state index in [4.69, 9.17) is 5.11 Å². The van der Waals surface area contributed by atoms with Crippen LogP contribution in [0.4, 0.5) is 5.69 Å². The minimum atomic E-state index is -1.01. The van der Waals surface area contributed by atoms with Gasteiger partial charge in [-0.3, -0.25) is 14.9 Å². The monoisotopic (exact) mass is 292 g/mol. The molecule has 21 heavy (non-hydrogen) atoms. The molecule has 1 aromatic rings. The molecule has 1 unspecified atom stereocenters. The molecule has 0 radical (unpaired) electrons. The van der Waals surface area contributed by atoms with E-state index >= 15 is 0 Å². The Morgan fingerprint density at radius 3 is 2.81 bits per heavy atom. The highest BCUT2D eigenvalue weighted by atomic mass is 16.6. The molecule has 7 heteroatoms. The molecule has 2 rings (SSSR count). The third kappa shape index (κ3) is 3.01. The number of nitrogens with zero attached hydrogens (tertiary/aromatic N) is 2. The van der Waals surface area contributed by atoms with E-state index in [0.29, 0.717) is 24.9 Å². The maximum Gasteiger partial charge on any atom is 0.326 e. The lowest BCUT2D eigenvalue weighted by atomic mass is 9.99. The molecule has 1 amide bonds. The summed E-state index contributed by atoms with van der Waals surface area (Å²) >= 11 is 0. The first-order chi connectivity index (χ1) is 9.91. The second-order valence-electron chi connectivity index (χ2n) is 5.10. The molecule has 0 aliphatic carbocycles. The number of nitro benzene ring substituents is 1. The number of carbonyl (C=O) groups excluding carboxylic acids is 1. The lowest BCUT2D eigenvalue weighted by Gasteiger charge is -2.25. The van der Waals surface area contributed by atoms with Gasteiger partial charge in [0.05, 0.1) is 10.8 Å². The van der Waals surface area contributed by atoms with Crippen molar-refractivity contribution in [3.05, 3.63) is 39.9 Å². The van der Waals surface area contributed by atoms with E-state index in [0.717, 1.165) is 0 Å². The third-order valence-electron chi connectivity index (χ3n) is 3.77. The van der Waals surface area contributed by atoms with Crippen molar-refractivity contribution in [2.24, 2.45) is 0 Å². The molecule has 112 valence electrons. The van der Waals surface area contributed by atoms with Crippen LogP contribution in [-0.4, -0.2) is 39.4 Å². The maximum absolute atomic E-state index is 12.4.